The van der Waals surface area contributed by atoms with Gasteiger partial charge in [0.2, 0.25) is 5.91 Å². The molecule has 1 atom stereocenters. The third-order valence-corrected chi connectivity index (χ3v) is 5.25. The Balaban J connectivity index is 1.63. The molecule has 28 heavy (non-hydrogen) atoms. The number of cyclic esters (lactones) is 1. The Morgan fingerprint density at radius 3 is 2.64 bits per heavy atom. The van der Waals surface area contributed by atoms with E-state index in [-0.39, 0.29) is 12.0 Å². The molecule has 2 fully saturated rings. The summed E-state index contributed by atoms with van der Waals surface area (Å²) in [5.41, 5.74) is 0.921. The normalized spacial score (nSPS) is 19.5. The molecule has 10 heteroatoms. The van der Waals surface area contributed by atoms with E-state index < -0.39 is 11.9 Å². The topological polar surface area (TPSA) is 77.2 Å². The second-order valence-corrected chi connectivity index (χ2v) is 7.11. The van der Waals surface area contributed by atoms with Crippen molar-refractivity contribution in [3.63, 3.8) is 0 Å². The molecule has 0 aliphatic carbocycles. The molecule has 2 N–H and O–H groups in total. The lowest BCUT2D eigenvalue weighted by Crippen LogP contribution is -2.48. The van der Waals surface area contributed by atoms with Crippen LogP contribution in [0.25, 0.3) is 0 Å². The van der Waals surface area contributed by atoms with Gasteiger partial charge in [0, 0.05) is 40.2 Å². The zero-order valence-corrected chi connectivity index (χ0v) is 16.7. The predicted molar refractivity (Wildman–Crippen MR) is 108 cm³/mol. The van der Waals surface area contributed by atoms with E-state index in [9.17, 15) is 14.0 Å². The van der Waals surface area contributed by atoms with Crippen molar-refractivity contribution < 1.29 is 18.7 Å². The lowest BCUT2D eigenvalue weighted by molar-refractivity contribution is -0.129. The lowest BCUT2D eigenvalue weighted by Gasteiger charge is -2.35. The van der Waals surface area contributed by atoms with Crippen LogP contribution in [0.1, 0.15) is 6.92 Å². The van der Waals surface area contributed by atoms with Gasteiger partial charge in [0.05, 0.1) is 24.5 Å². The highest BCUT2D eigenvalue weighted by atomic mass is 32.1. The number of hydrogen-bond donors (Lipinski definition) is 2. The minimum absolute atomic E-state index is 0.0301. The van der Waals surface area contributed by atoms with Gasteiger partial charge in [-0.25, -0.2) is 9.18 Å². The lowest BCUT2D eigenvalue weighted by atomic mass is 10.2. The standard InChI is InChI=1S/C18H24FN5O3S/c1-12(25)22-5-7-23(8-6-22)16-4-3-13(9-15(16)19)24-11-14(27-18(24)26)10-21-17(28)20-2/h3-4,9,14H,5-8,10-11H2,1-2H3,(H2,20,21,28). The summed E-state index contributed by atoms with van der Waals surface area (Å²) in [5, 5.41) is 6.20. The second kappa shape index (κ2) is 8.59. The quantitative estimate of drug-likeness (QED) is 0.716. The third-order valence-electron chi connectivity index (χ3n) is 4.90. The van der Waals surface area contributed by atoms with Crippen LogP contribution in [0.2, 0.25) is 0 Å². The van der Waals surface area contributed by atoms with Crippen LogP contribution in [0.4, 0.5) is 20.6 Å². The molecule has 152 valence electrons. The first-order valence-electron chi connectivity index (χ1n) is 9.12. The van der Waals surface area contributed by atoms with Gasteiger partial charge in [0.15, 0.2) is 5.11 Å². The largest absolute Gasteiger partial charge is 0.442 e. The number of anilines is 2. The molecule has 2 saturated heterocycles. The van der Waals surface area contributed by atoms with Gasteiger partial charge in [-0.2, -0.15) is 0 Å². The summed E-state index contributed by atoms with van der Waals surface area (Å²) < 4.78 is 20.0. The zero-order valence-electron chi connectivity index (χ0n) is 15.9. The fourth-order valence-corrected chi connectivity index (χ4v) is 3.40. The molecule has 0 radical (unpaired) electrons. The maximum absolute atomic E-state index is 14.7. The van der Waals surface area contributed by atoms with Crippen molar-refractivity contribution in [3.05, 3.63) is 24.0 Å². The number of ether oxygens (including phenoxy) is 1. The summed E-state index contributed by atoms with van der Waals surface area (Å²) >= 11 is 5.00. The number of benzene rings is 1. The van der Waals surface area contributed by atoms with E-state index in [0.29, 0.717) is 55.8 Å². The Hall–Kier alpha value is -2.62. The van der Waals surface area contributed by atoms with Crippen molar-refractivity contribution in [2.75, 3.05) is 56.1 Å². The van der Waals surface area contributed by atoms with Crippen molar-refractivity contribution in [1.29, 1.82) is 0 Å². The van der Waals surface area contributed by atoms with Gasteiger partial charge >= 0.3 is 6.09 Å². The summed E-state index contributed by atoms with van der Waals surface area (Å²) in [4.78, 5) is 28.7. The summed E-state index contributed by atoms with van der Waals surface area (Å²) in [6, 6.07) is 4.73. The van der Waals surface area contributed by atoms with Gasteiger partial charge < -0.3 is 25.2 Å². The zero-order chi connectivity index (χ0) is 20.3. The van der Waals surface area contributed by atoms with Crippen molar-refractivity contribution in [2.45, 2.75) is 13.0 Å². The van der Waals surface area contributed by atoms with Crippen molar-refractivity contribution in [3.8, 4) is 0 Å². The molecular formula is C18H24FN5O3S. The van der Waals surface area contributed by atoms with Gasteiger partial charge in [-0.15, -0.1) is 0 Å². The summed E-state index contributed by atoms with van der Waals surface area (Å²) in [6.45, 7) is 4.50. The number of piperazine rings is 1. The molecule has 0 aromatic heterocycles. The highest BCUT2D eigenvalue weighted by Gasteiger charge is 2.33. The van der Waals surface area contributed by atoms with Gasteiger partial charge in [-0.1, -0.05) is 0 Å². The number of halogens is 1. The maximum Gasteiger partial charge on any atom is 0.414 e. The molecule has 2 aliphatic heterocycles. The highest BCUT2D eigenvalue weighted by molar-refractivity contribution is 7.80. The monoisotopic (exact) mass is 409 g/mol. The van der Waals surface area contributed by atoms with Crippen molar-refractivity contribution in [1.82, 2.24) is 15.5 Å². The van der Waals surface area contributed by atoms with E-state index in [1.165, 1.54) is 17.9 Å². The smallest absolute Gasteiger partial charge is 0.414 e. The third kappa shape index (κ3) is 4.44. The average molecular weight is 409 g/mol. The Morgan fingerprint density at radius 2 is 2.04 bits per heavy atom. The molecule has 2 heterocycles. The van der Waals surface area contributed by atoms with E-state index in [2.05, 4.69) is 10.6 Å². The van der Waals surface area contributed by atoms with Gasteiger partial charge in [-0.3, -0.25) is 9.69 Å². The van der Waals surface area contributed by atoms with Crippen LogP contribution in [0.5, 0.6) is 0 Å². The fourth-order valence-electron chi connectivity index (χ4n) is 3.32. The Bertz CT molecular complexity index is 770. The average Bonchev–Trinajstić information content (AvgIpc) is 3.06. The van der Waals surface area contributed by atoms with Crippen LogP contribution in [0, 0.1) is 5.82 Å². The fraction of sp³-hybridized carbons (Fsp3) is 0.500. The van der Waals surface area contributed by atoms with E-state index >= 15 is 0 Å². The van der Waals surface area contributed by atoms with E-state index in [1.54, 1.807) is 24.1 Å². The van der Waals surface area contributed by atoms with Gasteiger partial charge in [0.25, 0.3) is 0 Å². The first-order valence-corrected chi connectivity index (χ1v) is 9.53. The Kier molecular flexibility index (Phi) is 6.18. The Labute approximate surface area is 168 Å². The van der Waals surface area contributed by atoms with Crippen molar-refractivity contribution >= 4 is 40.7 Å². The molecule has 0 bridgehead atoms. The maximum atomic E-state index is 14.7. The van der Waals surface area contributed by atoms with Crippen LogP contribution < -0.4 is 20.4 Å². The molecule has 1 aromatic carbocycles. The van der Waals surface area contributed by atoms with Crippen LogP contribution >= 0.6 is 12.2 Å². The predicted octanol–water partition coefficient (Wildman–Crippen LogP) is 0.913. The Morgan fingerprint density at radius 1 is 1.32 bits per heavy atom. The molecular weight excluding hydrogens is 385 g/mol. The number of carbonyl (C=O) groups excluding carboxylic acids is 2. The molecule has 2 aliphatic rings. The van der Waals surface area contributed by atoms with E-state index in [0.717, 1.165) is 0 Å². The second-order valence-electron chi connectivity index (χ2n) is 6.71. The van der Waals surface area contributed by atoms with Gasteiger partial charge in [0.1, 0.15) is 11.9 Å². The SMILES string of the molecule is CNC(=S)NCC1CN(c2ccc(N3CCN(C(C)=O)CC3)c(F)c2)C(=O)O1. The number of rotatable bonds is 4. The minimum atomic E-state index is -0.510. The van der Waals surface area contributed by atoms with Crippen molar-refractivity contribution in [2.24, 2.45) is 0 Å². The van der Waals surface area contributed by atoms with E-state index in [1.807, 2.05) is 4.90 Å². The van der Waals surface area contributed by atoms with Crippen LogP contribution in [-0.4, -0.2) is 74.4 Å². The molecule has 1 aromatic rings. The molecule has 0 saturated carbocycles. The first-order chi connectivity index (χ1) is 13.4. The molecule has 0 spiro atoms. The minimum Gasteiger partial charge on any atom is -0.442 e. The number of carbonyl (C=O) groups is 2. The number of nitrogens with one attached hydrogen (secondary N) is 2. The van der Waals surface area contributed by atoms with Crippen LogP contribution in [0.3, 0.4) is 0 Å². The summed E-state index contributed by atoms with van der Waals surface area (Å²) in [6.07, 6.45) is -0.884. The summed E-state index contributed by atoms with van der Waals surface area (Å²) in [5.74, 6) is -0.373. The number of hydrogen-bond acceptors (Lipinski definition) is 5. The van der Waals surface area contributed by atoms with E-state index in [4.69, 9.17) is 17.0 Å². The van der Waals surface area contributed by atoms with Crippen LogP contribution in [-0.2, 0) is 9.53 Å². The number of thiocarbonyl (C=S) groups is 1. The highest BCUT2D eigenvalue weighted by Crippen LogP contribution is 2.28. The van der Waals surface area contributed by atoms with Crippen LogP contribution in [0.15, 0.2) is 18.2 Å². The molecule has 3 rings (SSSR count). The number of amides is 2. The van der Waals surface area contributed by atoms with Gasteiger partial charge in [-0.05, 0) is 30.4 Å². The molecule has 1 unspecified atom stereocenters. The first kappa shape index (κ1) is 20.1. The number of nitrogens with zero attached hydrogens (tertiary/aromatic N) is 3. The summed E-state index contributed by atoms with van der Waals surface area (Å²) in [7, 11) is 1.70. The molecule has 8 nitrogen and oxygen atoms in total. The molecule has 2 amide bonds.